The Bertz CT molecular complexity index is 514. The van der Waals surface area contributed by atoms with E-state index in [1.54, 1.807) is 24.3 Å². The van der Waals surface area contributed by atoms with Crippen LogP contribution in [0.5, 0.6) is 0 Å². The molecular weight excluding hydrogens is 268 g/mol. The van der Waals surface area contributed by atoms with Crippen LogP contribution in [-0.2, 0) is 9.59 Å². The molecule has 1 amide bonds. The number of hydrogen-bond acceptors (Lipinski definition) is 3. The Morgan fingerprint density at radius 2 is 2.00 bits per heavy atom. The van der Waals surface area contributed by atoms with Crippen LogP contribution in [0.3, 0.4) is 0 Å². The summed E-state index contributed by atoms with van der Waals surface area (Å²) in [6.07, 6.45) is 1.97. The van der Waals surface area contributed by atoms with Crippen LogP contribution in [0.2, 0.25) is 0 Å². The van der Waals surface area contributed by atoms with E-state index in [1.165, 1.54) is 0 Å². The van der Waals surface area contributed by atoms with Gasteiger partial charge in [0.1, 0.15) is 0 Å². The molecule has 1 fully saturated rings. The first kappa shape index (κ1) is 15.5. The van der Waals surface area contributed by atoms with Crippen LogP contribution in [0.25, 0.3) is 0 Å². The maximum Gasteiger partial charge on any atom is 0.330 e. The summed E-state index contributed by atoms with van der Waals surface area (Å²) in [6, 6.07) is 7.38. The molecule has 1 heterocycles. The van der Waals surface area contributed by atoms with Crippen LogP contribution >= 0.6 is 0 Å². The first-order valence-electron chi connectivity index (χ1n) is 7.23. The van der Waals surface area contributed by atoms with Crippen molar-refractivity contribution in [1.29, 1.82) is 0 Å². The van der Waals surface area contributed by atoms with Crippen molar-refractivity contribution in [3.8, 4) is 0 Å². The molecule has 0 radical (unpaired) electrons. The Morgan fingerprint density at radius 3 is 2.57 bits per heavy atom. The van der Waals surface area contributed by atoms with Gasteiger partial charge in [0, 0.05) is 0 Å². The van der Waals surface area contributed by atoms with Gasteiger partial charge in [-0.1, -0.05) is 44.2 Å². The standard InChI is InChI=1S/C16H22N2O3/c1-16(2)9-6-10-17-13(16)14(19)18-12(15(20)21)11-7-4-3-5-8-11/h3-5,7-8,12-13,17H,6,9-10H2,1-2H3,(H,18,19)(H,20,21)/t12-,13?/m0/s1. The van der Waals surface area contributed by atoms with Gasteiger partial charge in [-0.3, -0.25) is 4.79 Å². The molecule has 1 saturated heterocycles. The van der Waals surface area contributed by atoms with Gasteiger partial charge in [-0.25, -0.2) is 4.79 Å². The average Bonchev–Trinajstić information content (AvgIpc) is 2.44. The highest BCUT2D eigenvalue weighted by Gasteiger charge is 2.38. The van der Waals surface area contributed by atoms with Gasteiger partial charge in [-0.2, -0.15) is 0 Å². The zero-order valence-corrected chi connectivity index (χ0v) is 12.4. The fourth-order valence-corrected chi connectivity index (χ4v) is 2.82. The molecule has 3 N–H and O–H groups in total. The summed E-state index contributed by atoms with van der Waals surface area (Å²) in [7, 11) is 0. The predicted octanol–water partition coefficient (Wildman–Crippen LogP) is 1.71. The number of carboxylic acid groups (broad SMARTS) is 1. The first-order chi connectivity index (χ1) is 9.92. The van der Waals surface area contributed by atoms with E-state index in [0.717, 1.165) is 19.4 Å². The van der Waals surface area contributed by atoms with Crippen molar-refractivity contribution in [3.05, 3.63) is 35.9 Å². The van der Waals surface area contributed by atoms with Crippen molar-refractivity contribution in [3.63, 3.8) is 0 Å². The second-order valence-electron chi connectivity index (χ2n) is 6.17. The summed E-state index contributed by atoms with van der Waals surface area (Å²) in [5, 5.41) is 15.2. The van der Waals surface area contributed by atoms with Crippen LogP contribution < -0.4 is 10.6 Å². The fraction of sp³-hybridized carbons (Fsp3) is 0.500. The molecule has 5 nitrogen and oxygen atoms in total. The van der Waals surface area contributed by atoms with Gasteiger partial charge >= 0.3 is 5.97 Å². The van der Waals surface area contributed by atoms with Gasteiger partial charge in [0.15, 0.2) is 6.04 Å². The average molecular weight is 290 g/mol. The number of carboxylic acids is 1. The molecular formula is C16H22N2O3. The van der Waals surface area contributed by atoms with E-state index in [1.807, 2.05) is 19.9 Å². The first-order valence-corrected chi connectivity index (χ1v) is 7.23. The van der Waals surface area contributed by atoms with Crippen molar-refractivity contribution in [2.75, 3.05) is 6.54 Å². The minimum Gasteiger partial charge on any atom is -0.479 e. The molecule has 1 aromatic rings. The molecule has 2 rings (SSSR count). The Hall–Kier alpha value is -1.88. The third kappa shape index (κ3) is 3.61. The largest absolute Gasteiger partial charge is 0.479 e. The smallest absolute Gasteiger partial charge is 0.330 e. The third-order valence-corrected chi connectivity index (χ3v) is 4.06. The minimum atomic E-state index is -1.05. The van der Waals surface area contributed by atoms with E-state index >= 15 is 0 Å². The second kappa shape index (κ2) is 6.26. The molecule has 2 atom stereocenters. The Morgan fingerprint density at radius 1 is 1.33 bits per heavy atom. The topological polar surface area (TPSA) is 78.4 Å². The summed E-state index contributed by atoms with van der Waals surface area (Å²) < 4.78 is 0. The van der Waals surface area contributed by atoms with E-state index in [9.17, 15) is 14.7 Å². The van der Waals surface area contributed by atoms with Crippen LogP contribution in [-0.4, -0.2) is 29.6 Å². The van der Waals surface area contributed by atoms with Crippen LogP contribution in [0, 0.1) is 5.41 Å². The van der Waals surface area contributed by atoms with E-state index in [2.05, 4.69) is 10.6 Å². The molecule has 0 saturated carbocycles. The maximum absolute atomic E-state index is 12.5. The second-order valence-corrected chi connectivity index (χ2v) is 6.17. The number of nitrogens with one attached hydrogen (secondary N) is 2. The number of benzene rings is 1. The highest BCUT2D eigenvalue weighted by atomic mass is 16.4. The van der Waals surface area contributed by atoms with Crippen LogP contribution in [0.4, 0.5) is 0 Å². The number of rotatable bonds is 4. The van der Waals surface area contributed by atoms with Crippen LogP contribution in [0.15, 0.2) is 30.3 Å². The summed E-state index contributed by atoms with van der Waals surface area (Å²) in [4.78, 5) is 23.9. The van der Waals surface area contributed by atoms with Crippen molar-refractivity contribution in [2.24, 2.45) is 5.41 Å². The van der Waals surface area contributed by atoms with Gasteiger partial charge in [0.2, 0.25) is 5.91 Å². The molecule has 0 aliphatic carbocycles. The Labute approximate surface area is 124 Å². The Balaban J connectivity index is 2.14. The summed E-state index contributed by atoms with van der Waals surface area (Å²) in [5.74, 6) is -1.31. The summed E-state index contributed by atoms with van der Waals surface area (Å²) >= 11 is 0. The van der Waals surface area contributed by atoms with Gasteiger partial charge in [-0.05, 0) is 30.4 Å². The number of amides is 1. The van der Waals surface area contributed by atoms with Crippen LogP contribution in [0.1, 0.15) is 38.3 Å². The maximum atomic E-state index is 12.5. The molecule has 0 bridgehead atoms. The number of carbonyl (C=O) groups excluding carboxylic acids is 1. The molecule has 1 aliphatic heterocycles. The molecule has 0 spiro atoms. The monoisotopic (exact) mass is 290 g/mol. The summed E-state index contributed by atoms with van der Waals surface area (Å²) in [5.41, 5.74) is 0.397. The van der Waals surface area contributed by atoms with Gasteiger partial charge < -0.3 is 15.7 Å². The quantitative estimate of drug-likeness (QED) is 0.789. The molecule has 1 unspecified atom stereocenters. The molecule has 0 aromatic heterocycles. The third-order valence-electron chi connectivity index (χ3n) is 4.06. The minimum absolute atomic E-state index is 0.178. The van der Waals surface area contributed by atoms with Gasteiger partial charge in [-0.15, -0.1) is 0 Å². The number of piperidine rings is 1. The highest BCUT2D eigenvalue weighted by molar-refractivity contribution is 5.88. The van der Waals surface area contributed by atoms with E-state index < -0.39 is 12.0 Å². The zero-order chi connectivity index (χ0) is 15.5. The highest BCUT2D eigenvalue weighted by Crippen LogP contribution is 2.30. The molecule has 5 heteroatoms. The molecule has 1 aliphatic rings. The van der Waals surface area contributed by atoms with E-state index in [-0.39, 0.29) is 17.4 Å². The van der Waals surface area contributed by atoms with E-state index in [0.29, 0.717) is 5.56 Å². The SMILES string of the molecule is CC1(C)CCCNC1C(=O)N[C@H](C(=O)O)c1ccccc1. The molecule has 1 aromatic carbocycles. The van der Waals surface area contributed by atoms with Crippen molar-refractivity contribution in [2.45, 2.75) is 38.8 Å². The lowest BCUT2D eigenvalue weighted by Gasteiger charge is -2.38. The van der Waals surface area contributed by atoms with Crippen molar-refractivity contribution in [1.82, 2.24) is 10.6 Å². The fourth-order valence-electron chi connectivity index (χ4n) is 2.82. The van der Waals surface area contributed by atoms with Crippen molar-refractivity contribution >= 4 is 11.9 Å². The number of carbonyl (C=O) groups is 2. The lowest BCUT2D eigenvalue weighted by atomic mass is 9.77. The van der Waals surface area contributed by atoms with Gasteiger partial charge in [0.25, 0.3) is 0 Å². The molecule has 114 valence electrons. The Kier molecular flexibility index (Phi) is 4.63. The lowest BCUT2D eigenvalue weighted by Crippen LogP contribution is -2.56. The lowest BCUT2D eigenvalue weighted by molar-refractivity contribution is -0.143. The molecule has 21 heavy (non-hydrogen) atoms. The van der Waals surface area contributed by atoms with E-state index in [4.69, 9.17) is 0 Å². The zero-order valence-electron chi connectivity index (χ0n) is 12.4. The normalized spacial score (nSPS) is 22.3. The summed E-state index contributed by atoms with van der Waals surface area (Å²) in [6.45, 7) is 4.84. The van der Waals surface area contributed by atoms with Gasteiger partial charge in [0.05, 0.1) is 6.04 Å². The number of hydrogen-bond donors (Lipinski definition) is 3. The predicted molar refractivity (Wildman–Crippen MR) is 79.8 cm³/mol. The van der Waals surface area contributed by atoms with Crippen molar-refractivity contribution < 1.29 is 14.7 Å². The number of aliphatic carboxylic acids is 1.